The maximum atomic E-state index is 12.5. The van der Waals surface area contributed by atoms with Crippen molar-refractivity contribution in [3.63, 3.8) is 0 Å². The molecule has 2 rings (SSSR count). The Morgan fingerprint density at radius 2 is 1.94 bits per heavy atom. The molecular weight excluding hydrogens is 212 g/mol. The second-order valence-corrected chi connectivity index (χ2v) is 5.74. The zero-order valence-corrected chi connectivity index (χ0v) is 11.1. The van der Waals surface area contributed by atoms with Crippen molar-refractivity contribution in [2.75, 3.05) is 13.1 Å². The van der Waals surface area contributed by atoms with Crippen LogP contribution in [-0.2, 0) is 4.79 Å². The normalized spacial score (nSPS) is 24.8. The van der Waals surface area contributed by atoms with Gasteiger partial charge < -0.3 is 10.6 Å². The monoisotopic (exact) mass is 238 g/mol. The number of rotatable bonds is 4. The molecule has 0 aromatic heterocycles. The summed E-state index contributed by atoms with van der Waals surface area (Å²) in [7, 11) is 0. The van der Waals surface area contributed by atoms with E-state index in [1.54, 1.807) is 0 Å². The van der Waals surface area contributed by atoms with Crippen molar-refractivity contribution in [2.45, 2.75) is 64.3 Å². The number of carbonyl (C=O) groups excluding carboxylic acids is 1. The minimum absolute atomic E-state index is 0.0669. The van der Waals surface area contributed by atoms with Crippen molar-refractivity contribution >= 4 is 5.91 Å². The molecule has 1 saturated carbocycles. The van der Waals surface area contributed by atoms with Crippen LogP contribution in [0.15, 0.2) is 0 Å². The van der Waals surface area contributed by atoms with Crippen molar-refractivity contribution in [3.05, 3.63) is 0 Å². The molecule has 0 aromatic carbocycles. The van der Waals surface area contributed by atoms with E-state index in [4.69, 9.17) is 0 Å². The number of amides is 1. The van der Waals surface area contributed by atoms with Gasteiger partial charge in [-0.25, -0.2) is 0 Å². The summed E-state index contributed by atoms with van der Waals surface area (Å²) in [6.07, 6.45) is 9.13. The van der Waals surface area contributed by atoms with Gasteiger partial charge in [0.25, 0.3) is 0 Å². The molecule has 0 atom stereocenters. The zero-order valence-electron chi connectivity index (χ0n) is 11.1. The third-order valence-corrected chi connectivity index (χ3v) is 4.46. The highest BCUT2D eigenvalue weighted by Crippen LogP contribution is 2.35. The highest BCUT2D eigenvalue weighted by molar-refractivity contribution is 5.83. The number of carbonyl (C=O) groups is 1. The molecule has 1 heterocycles. The summed E-state index contributed by atoms with van der Waals surface area (Å²) >= 11 is 0. The molecule has 3 heteroatoms. The fraction of sp³-hybridized carbons (Fsp3) is 0.929. The first-order chi connectivity index (χ1) is 8.27. The predicted molar refractivity (Wildman–Crippen MR) is 69.8 cm³/mol. The third kappa shape index (κ3) is 3.01. The Morgan fingerprint density at radius 3 is 2.53 bits per heavy atom. The number of hydrogen-bond acceptors (Lipinski definition) is 2. The van der Waals surface area contributed by atoms with E-state index >= 15 is 0 Å². The van der Waals surface area contributed by atoms with Crippen LogP contribution in [-0.4, -0.2) is 25.0 Å². The lowest BCUT2D eigenvalue weighted by Crippen LogP contribution is -2.49. The fourth-order valence-corrected chi connectivity index (χ4v) is 3.38. The summed E-state index contributed by atoms with van der Waals surface area (Å²) in [5.74, 6) is 0.341. The summed E-state index contributed by atoms with van der Waals surface area (Å²) in [6, 6.07) is 0.464. The van der Waals surface area contributed by atoms with Crippen molar-refractivity contribution in [3.8, 4) is 0 Å². The lowest BCUT2D eigenvalue weighted by Gasteiger charge is -2.37. The average molecular weight is 238 g/mol. The van der Waals surface area contributed by atoms with Crippen LogP contribution in [0.25, 0.3) is 0 Å². The van der Waals surface area contributed by atoms with Gasteiger partial charge in [0.2, 0.25) is 5.91 Å². The Kier molecular flexibility index (Phi) is 4.43. The van der Waals surface area contributed by atoms with Gasteiger partial charge in [-0.1, -0.05) is 26.2 Å². The average Bonchev–Trinajstić information content (AvgIpc) is 2.83. The zero-order chi connectivity index (χ0) is 12.1. The number of hydrogen-bond donors (Lipinski definition) is 2. The van der Waals surface area contributed by atoms with E-state index in [0.29, 0.717) is 11.9 Å². The van der Waals surface area contributed by atoms with Crippen LogP contribution in [0, 0.1) is 5.41 Å². The first-order valence-electron chi connectivity index (χ1n) is 7.28. The van der Waals surface area contributed by atoms with E-state index in [9.17, 15) is 4.79 Å². The van der Waals surface area contributed by atoms with Crippen LogP contribution in [0.4, 0.5) is 0 Å². The van der Waals surface area contributed by atoms with Gasteiger partial charge in [-0.2, -0.15) is 0 Å². The van der Waals surface area contributed by atoms with E-state index < -0.39 is 0 Å². The molecule has 3 nitrogen and oxygen atoms in total. The standard InChI is InChI=1S/C14H26N2O/c1-2-7-14(8-10-15-11-9-14)13(17)16-12-5-3-4-6-12/h12,15H,2-11H2,1H3,(H,16,17). The largest absolute Gasteiger partial charge is 0.353 e. The first kappa shape index (κ1) is 12.9. The molecule has 0 spiro atoms. The van der Waals surface area contributed by atoms with Crippen LogP contribution in [0.1, 0.15) is 58.3 Å². The molecule has 1 saturated heterocycles. The molecule has 2 aliphatic rings. The summed E-state index contributed by atoms with van der Waals surface area (Å²) in [6.45, 7) is 4.18. The molecule has 2 fully saturated rings. The summed E-state index contributed by atoms with van der Waals surface area (Å²) < 4.78 is 0. The van der Waals surface area contributed by atoms with Crippen LogP contribution in [0.2, 0.25) is 0 Å². The fourth-order valence-electron chi connectivity index (χ4n) is 3.38. The van der Waals surface area contributed by atoms with Crippen LogP contribution < -0.4 is 10.6 Å². The Balaban J connectivity index is 1.96. The van der Waals surface area contributed by atoms with Gasteiger partial charge in [0.15, 0.2) is 0 Å². The minimum atomic E-state index is -0.0669. The SMILES string of the molecule is CCCC1(C(=O)NC2CCCC2)CCNCC1. The van der Waals surface area contributed by atoms with E-state index in [1.165, 1.54) is 25.7 Å². The highest BCUT2D eigenvalue weighted by atomic mass is 16.2. The number of nitrogens with one attached hydrogen (secondary N) is 2. The first-order valence-corrected chi connectivity index (χ1v) is 7.28. The Bertz CT molecular complexity index is 247. The molecule has 0 radical (unpaired) electrons. The molecule has 1 amide bonds. The minimum Gasteiger partial charge on any atom is -0.353 e. The molecule has 98 valence electrons. The van der Waals surface area contributed by atoms with Gasteiger partial charge in [-0.05, 0) is 45.2 Å². The van der Waals surface area contributed by atoms with E-state index in [-0.39, 0.29) is 5.41 Å². The molecule has 1 aliphatic carbocycles. The van der Waals surface area contributed by atoms with Crippen molar-refractivity contribution in [1.29, 1.82) is 0 Å². The molecule has 2 N–H and O–H groups in total. The maximum Gasteiger partial charge on any atom is 0.226 e. The molecule has 17 heavy (non-hydrogen) atoms. The van der Waals surface area contributed by atoms with Gasteiger partial charge in [0.05, 0.1) is 5.41 Å². The van der Waals surface area contributed by atoms with Crippen LogP contribution >= 0.6 is 0 Å². The van der Waals surface area contributed by atoms with Gasteiger partial charge in [-0.3, -0.25) is 4.79 Å². The van der Waals surface area contributed by atoms with Crippen molar-refractivity contribution < 1.29 is 4.79 Å². The predicted octanol–water partition coefficient (Wildman–Crippen LogP) is 2.22. The van der Waals surface area contributed by atoms with Crippen molar-refractivity contribution in [1.82, 2.24) is 10.6 Å². The topological polar surface area (TPSA) is 41.1 Å². The quantitative estimate of drug-likeness (QED) is 0.788. The summed E-state index contributed by atoms with van der Waals surface area (Å²) in [5, 5.41) is 6.67. The second-order valence-electron chi connectivity index (χ2n) is 5.74. The smallest absolute Gasteiger partial charge is 0.226 e. The van der Waals surface area contributed by atoms with E-state index in [0.717, 1.165) is 38.8 Å². The lowest BCUT2D eigenvalue weighted by atomic mass is 9.74. The van der Waals surface area contributed by atoms with Gasteiger partial charge in [-0.15, -0.1) is 0 Å². The second kappa shape index (κ2) is 5.85. The molecule has 0 aromatic rings. The Hall–Kier alpha value is -0.570. The Morgan fingerprint density at radius 1 is 1.29 bits per heavy atom. The van der Waals surface area contributed by atoms with Gasteiger partial charge >= 0.3 is 0 Å². The van der Waals surface area contributed by atoms with E-state index in [1.807, 2.05) is 0 Å². The maximum absolute atomic E-state index is 12.5. The number of piperidine rings is 1. The third-order valence-electron chi connectivity index (χ3n) is 4.46. The molecule has 1 aliphatic heterocycles. The van der Waals surface area contributed by atoms with Gasteiger partial charge in [0, 0.05) is 6.04 Å². The molecule has 0 unspecified atom stereocenters. The van der Waals surface area contributed by atoms with Crippen molar-refractivity contribution in [2.24, 2.45) is 5.41 Å². The van der Waals surface area contributed by atoms with E-state index in [2.05, 4.69) is 17.6 Å². The molecular formula is C14H26N2O. The highest BCUT2D eigenvalue weighted by Gasteiger charge is 2.39. The lowest BCUT2D eigenvalue weighted by molar-refractivity contribution is -0.133. The summed E-state index contributed by atoms with van der Waals surface area (Å²) in [5.41, 5.74) is -0.0669. The van der Waals surface area contributed by atoms with Crippen LogP contribution in [0.5, 0.6) is 0 Å². The van der Waals surface area contributed by atoms with Crippen LogP contribution in [0.3, 0.4) is 0 Å². The van der Waals surface area contributed by atoms with Gasteiger partial charge in [0.1, 0.15) is 0 Å². The summed E-state index contributed by atoms with van der Waals surface area (Å²) in [4.78, 5) is 12.5. The molecule has 0 bridgehead atoms. The Labute approximate surface area is 105 Å².